The molecule has 0 aromatic carbocycles. The Bertz CT molecular complexity index is 353. The summed E-state index contributed by atoms with van der Waals surface area (Å²) in [6.07, 6.45) is 1.42. The number of rotatable bonds is 4. The summed E-state index contributed by atoms with van der Waals surface area (Å²) >= 11 is 0. The lowest BCUT2D eigenvalue weighted by Gasteiger charge is -2.07. The van der Waals surface area contributed by atoms with Gasteiger partial charge in [0.2, 0.25) is 5.88 Å². The molecular formula is C10H14N2O3. The lowest BCUT2D eigenvalue weighted by Crippen LogP contribution is -2.10. The molecule has 1 heterocycles. The Balaban J connectivity index is 2.99. The van der Waals surface area contributed by atoms with E-state index in [1.165, 1.54) is 6.20 Å². The Morgan fingerprint density at radius 3 is 2.73 bits per heavy atom. The number of carbonyl (C=O) groups excluding carboxylic acids is 1. The van der Waals surface area contributed by atoms with Crippen molar-refractivity contribution < 1.29 is 14.3 Å². The van der Waals surface area contributed by atoms with Gasteiger partial charge in [-0.05, 0) is 20.8 Å². The molecule has 0 aliphatic heterocycles. The van der Waals surface area contributed by atoms with Gasteiger partial charge in [0.1, 0.15) is 11.4 Å². The van der Waals surface area contributed by atoms with Gasteiger partial charge in [-0.3, -0.25) is 0 Å². The maximum absolute atomic E-state index is 11.5. The molecule has 15 heavy (non-hydrogen) atoms. The Morgan fingerprint density at radius 2 is 2.13 bits per heavy atom. The lowest BCUT2D eigenvalue weighted by molar-refractivity contribution is 0.0520. The van der Waals surface area contributed by atoms with E-state index in [9.17, 15) is 4.79 Å². The summed E-state index contributed by atoms with van der Waals surface area (Å²) in [5.41, 5.74) is 0.268. The summed E-state index contributed by atoms with van der Waals surface area (Å²) in [6.45, 7) is 6.07. The molecule has 0 atom stereocenters. The summed E-state index contributed by atoms with van der Waals surface area (Å²) in [6, 6.07) is 0. The van der Waals surface area contributed by atoms with Crippen LogP contribution in [0.3, 0.4) is 0 Å². The van der Waals surface area contributed by atoms with Crippen LogP contribution in [0.5, 0.6) is 5.88 Å². The van der Waals surface area contributed by atoms with Gasteiger partial charge >= 0.3 is 5.97 Å². The van der Waals surface area contributed by atoms with Gasteiger partial charge in [0.15, 0.2) is 0 Å². The zero-order valence-corrected chi connectivity index (χ0v) is 9.11. The number of ether oxygens (including phenoxy) is 2. The summed E-state index contributed by atoms with van der Waals surface area (Å²) in [7, 11) is 0. The molecule has 1 rings (SSSR count). The number of carbonyl (C=O) groups is 1. The first-order chi connectivity index (χ1) is 7.19. The summed E-state index contributed by atoms with van der Waals surface area (Å²) in [4.78, 5) is 19.4. The fourth-order valence-electron chi connectivity index (χ4n) is 1.04. The molecule has 0 fully saturated rings. The number of aryl methyl sites for hydroxylation is 1. The van der Waals surface area contributed by atoms with Crippen molar-refractivity contribution in [1.29, 1.82) is 0 Å². The Morgan fingerprint density at radius 1 is 1.40 bits per heavy atom. The van der Waals surface area contributed by atoms with E-state index in [2.05, 4.69) is 9.97 Å². The average molecular weight is 210 g/mol. The fourth-order valence-corrected chi connectivity index (χ4v) is 1.04. The fraction of sp³-hybridized carbons (Fsp3) is 0.500. The smallest absolute Gasteiger partial charge is 0.345 e. The number of nitrogens with zero attached hydrogens (tertiary/aromatic N) is 2. The minimum atomic E-state index is -0.457. The first kappa shape index (κ1) is 11.4. The summed E-state index contributed by atoms with van der Waals surface area (Å²) in [5.74, 6) is 0.385. The third kappa shape index (κ3) is 2.90. The molecule has 0 saturated carbocycles. The number of hydrogen-bond acceptors (Lipinski definition) is 5. The van der Waals surface area contributed by atoms with Crippen LogP contribution in [0.15, 0.2) is 6.20 Å². The van der Waals surface area contributed by atoms with E-state index in [-0.39, 0.29) is 11.4 Å². The molecule has 0 N–H and O–H groups in total. The van der Waals surface area contributed by atoms with Crippen molar-refractivity contribution in [2.45, 2.75) is 20.8 Å². The van der Waals surface area contributed by atoms with Gasteiger partial charge in [0, 0.05) is 6.20 Å². The number of hydrogen-bond donors (Lipinski definition) is 0. The second kappa shape index (κ2) is 5.29. The first-order valence-corrected chi connectivity index (χ1v) is 4.82. The monoisotopic (exact) mass is 210 g/mol. The Labute approximate surface area is 88.4 Å². The van der Waals surface area contributed by atoms with Crippen LogP contribution in [0.1, 0.15) is 30.0 Å². The van der Waals surface area contributed by atoms with Crippen LogP contribution >= 0.6 is 0 Å². The van der Waals surface area contributed by atoms with Crippen molar-refractivity contribution in [2.75, 3.05) is 13.2 Å². The van der Waals surface area contributed by atoms with Gasteiger partial charge in [-0.2, -0.15) is 4.98 Å². The lowest BCUT2D eigenvalue weighted by atomic mass is 10.3. The molecule has 1 aromatic rings. The van der Waals surface area contributed by atoms with Gasteiger partial charge in [-0.1, -0.05) is 0 Å². The van der Waals surface area contributed by atoms with Crippen molar-refractivity contribution in [3.63, 3.8) is 0 Å². The van der Waals surface area contributed by atoms with Crippen molar-refractivity contribution in [3.8, 4) is 5.88 Å². The first-order valence-electron chi connectivity index (χ1n) is 4.82. The maximum atomic E-state index is 11.5. The topological polar surface area (TPSA) is 61.3 Å². The largest absolute Gasteiger partial charge is 0.477 e. The highest BCUT2D eigenvalue weighted by molar-refractivity contribution is 5.91. The van der Waals surface area contributed by atoms with E-state index in [4.69, 9.17) is 9.47 Å². The van der Waals surface area contributed by atoms with Crippen LogP contribution in [0.25, 0.3) is 0 Å². The third-order valence-electron chi connectivity index (χ3n) is 1.65. The molecule has 0 saturated heterocycles. The van der Waals surface area contributed by atoms with Crippen LogP contribution in [0, 0.1) is 6.92 Å². The molecule has 82 valence electrons. The maximum Gasteiger partial charge on any atom is 0.345 e. The SMILES string of the molecule is CCOC(=O)c1cnc(C)nc1OCC. The van der Waals surface area contributed by atoms with E-state index in [0.717, 1.165) is 0 Å². The molecular weight excluding hydrogens is 196 g/mol. The third-order valence-corrected chi connectivity index (χ3v) is 1.65. The predicted octanol–water partition coefficient (Wildman–Crippen LogP) is 1.36. The molecule has 0 aliphatic rings. The van der Waals surface area contributed by atoms with Crippen LogP contribution < -0.4 is 4.74 Å². The average Bonchev–Trinajstić information content (AvgIpc) is 2.18. The van der Waals surface area contributed by atoms with Crippen LogP contribution in [-0.2, 0) is 4.74 Å². The van der Waals surface area contributed by atoms with E-state index >= 15 is 0 Å². The predicted molar refractivity (Wildman–Crippen MR) is 53.9 cm³/mol. The molecule has 0 unspecified atom stereocenters. The van der Waals surface area contributed by atoms with Crippen molar-refractivity contribution in [2.24, 2.45) is 0 Å². The van der Waals surface area contributed by atoms with E-state index < -0.39 is 5.97 Å². The van der Waals surface area contributed by atoms with Crippen molar-refractivity contribution in [1.82, 2.24) is 9.97 Å². The van der Waals surface area contributed by atoms with Crippen molar-refractivity contribution in [3.05, 3.63) is 17.6 Å². The highest BCUT2D eigenvalue weighted by Gasteiger charge is 2.15. The summed E-state index contributed by atoms with van der Waals surface area (Å²) in [5, 5.41) is 0. The molecule has 1 aromatic heterocycles. The standard InChI is InChI=1S/C10H14N2O3/c1-4-14-9-8(10(13)15-5-2)6-11-7(3)12-9/h6H,4-5H2,1-3H3. The van der Waals surface area contributed by atoms with Gasteiger partial charge in [0.05, 0.1) is 13.2 Å². The van der Waals surface area contributed by atoms with Gasteiger partial charge in [-0.25, -0.2) is 9.78 Å². The second-order valence-corrected chi connectivity index (χ2v) is 2.79. The summed E-state index contributed by atoms with van der Waals surface area (Å²) < 4.78 is 10.1. The van der Waals surface area contributed by atoms with Gasteiger partial charge in [-0.15, -0.1) is 0 Å². The quantitative estimate of drug-likeness (QED) is 0.702. The molecule has 0 aliphatic carbocycles. The normalized spacial score (nSPS) is 9.80. The minimum absolute atomic E-state index is 0.268. The van der Waals surface area contributed by atoms with Crippen LogP contribution in [-0.4, -0.2) is 29.2 Å². The molecule has 5 nitrogen and oxygen atoms in total. The van der Waals surface area contributed by atoms with E-state index in [0.29, 0.717) is 19.0 Å². The number of aromatic nitrogens is 2. The van der Waals surface area contributed by atoms with Gasteiger partial charge < -0.3 is 9.47 Å². The Hall–Kier alpha value is -1.65. The second-order valence-electron chi connectivity index (χ2n) is 2.79. The van der Waals surface area contributed by atoms with Crippen LogP contribution in [0.2, 0.25) is 0 Å². The number of esters is 1. The molecule has 0 spiro atoms. The molecule has 0 bridgehead atoms. The van der Waals surface area contributed by atoms with Crippen molar-refractivity contribution >= 4 is 5.97 Å². The highest BCUT2D eigenvalue weighted by Crippen LogP contribution is 2.15. The molecule has 0 amide bonds. The molecule has 0 radical (unpaired) electrons. The van der Waals surface area contributed by atoms with Gasteiger partial charge in [0.25, 0.3) is 0 Å². The zero-order valence-electron chi connectivity index (χ0n) is 9.11. The zero-order chi connectivity index (χ0) is 11.3. The van der Waals surface area contributed by atoms with Crippen LogP contribution in [0.4, 0.5) is 0 Å². The highest BCUT2D eigenvalue weighted by atomic mass is 16.5. The van der Waals surface area contributed by atoms with E-state index in [1.54, 1.807) is 13.8 Å². The Kier molecular flexibility index (Phi) is 4.03. The minimum Gasteiger partial charge on any atom is -0.477 e. The molecule has 5 heteroatoms. The van der Waals surface area contributed by atoms with E-state index in [1.807, 2.05) is 6.92 Å².